The first-order chi connectivity index (χ1) is 6.22. The Bertz CT molecular complexity index is 207. The Balaban J connectivity index is 2.06. The monoisotopic (exact) mass is 216 g/mol. The molecule has 1 unspecified atom stereocenters. The maximum absolute atomic E-state index is 9.55. The van der Waals surface area contributed by atoms with Gasteiger partial charge in [-0.3, -0.25) is 0 Å². The first-order valence-corrected chi connectivity index (χ1v) is 6.82. The van der Waals surface area contributed by atoms with Crippen molar-refractivity contribution in [1.82, 2.24) is 0 Å². The van der Waals surface area contributed by atoms with E-state index in [1.165, 1.54) is 17.9 Å². The molecule has 1 spiro atoms. The maximum Gasteiger partial charge on any atom is 0.0652 e. The summed E-state index contributed by atoms with van der Waals surface area (Å²) in [6, 6.07) is 0. The number of hydrogen-bond donors (Lipinski definition) is 1. The molecular formula is C10H16OS2. The molecule has 0 aromatic carbocycles. The van der Waals surface area contributed by atoms with Gasteiger partial charge in [-0.1, -0.05) is 12.2 Å². The van der Waals surface area contributed by atoms with Crippen LogP contribution in [0.5, 0.6) is 0 Å². The summed E-state index contributed by atoms with van der Waals surface area (Å²) in [5.74, 6) is 2.95. The van der Waals surface area contributed by atoms with E-state index >= 15 is 0 Å². The van der Waals surface area contributed by atoms with E-state index in [1.807, 2.05) is 6.92 Å². The molecule has 1 saturated heterocycles. The summed E-state index contributed by atoms with van der Waals surface area (Å²) in [5, 5.41) is 9.55. The van der Waals surface area contributed by atoms with Crippen molar-refractivity contribution >= 4 is 23.5 Å². The van der Waals surface area contributed by atoms with Crippen molar-refractivity contribution in [1.29, 1.82) is 0 Å². The predicted molar refractivity (Wildman–Crippen MR) is 61.2 cm³/mol. The van der Waals surface area contributed by atoms with E-state index in [0.29, 0.717) is 10.00 Å². The van der Waals surface area contributed by atoms with Crippen LogP contribution in [0.15, 0.2) is 12.2 Å². The second kappa shape index (κ2) is 3.87. The van der Waals surface area contributed by atoms with Gasteiger partial charge in [0.2, 0.25) is 0 Å². The lowest BCUT2D eigenvalue weighted by atomic mass is 9.91. The van der Waals surface area contributed by atoms with Crippen molar-refractivity contribution in [3.05, 3.63) is 12.2 Å². The van der Waals surface area contributed by atoms with E-state index in [2.05, 4.69) is 35.7 Å². The van der Waals surface area contributed by atoms with Gasteiger partial charge >= 0.3 is 0 Å². The minimum atomic E-state index is -0.185. The molecule has 74 valence electrons. The second-order valence-corrected chi connectivity index (χ2v) is 7.06. The molecule has 0 aromatic heterocycles. The molecular weight excluding hydrogens is 200 g/mol. The van der Waals surface area contributed by atoms with Crippen LogP contribution in [0.2, 0.25) is 0 Å². The van der Waals surface area contributed by atoms with E-state index in [-0.39, 0.29) is 6.10 Å². The van der Waals surface area contributed by atoms with Crippen LogP contribution in [0.3, 0.4) is 0 Å². The molecule has 1 heterocycles. The Labute approximate surface area is 88.4 Å². The van der Waals surface area contributed by atoms with E-state index in [9.17, 15) is 5.11 Å². The van der Waals surface area contributed by atoms with E-state index in [4.69, 9.17) is 0 Å². The zero-order chi connectivity index (χ0) is 9.31. The first kappa shape index (κ1) is 9.94. The number of thioether (sulfide) groups is 2. The molecule has 3 heteroatoms. The highest BCUT2D eigenvalue weighted by molar-refractivity contribution is 8.21. The number of rotatable bonds is 1. The van der Waals surface area contributed by atoms with Gasteiger partial charge < -0.3 is 5.11 Å². The summed E-state index contributed by atoms with van der Waals surface area (Å²) in [5.41, 5.74) is 0. The molecule has 2 rings (SSSR count). The smallest absolute Gasteiger partial charge is 0.0652 e. The second-order valence-electron chi connectivity index (χ2n) is 3.85. The molecule has 0 saturated carbocycles. The highest BCUT2D eigenvalue weighted by Crippen LogP contribution is 2.52. The van der Waals surface area contributed by atoms with Crippen LogP contribution in [0.1, 0.15) is 19.8 Å². The van der Waals surface area contributed by atoms with Gasteiger partial charge in [0.05, 0.1) is 10.2 Å². The number of hydrogen-bond acceptors (Lipinski definition) is 3. The fourth-order valence-corrected chi connectivity index (χ4v) is 5.29. The summed E-state index contributed by atoms with van der Waals surface area (Å²) >= 11 is 4.17. The van der Waals surface area contributed by atoms with Gasteiger partial charge in [-0.25, -0.2) is 0 Å². The quantitative estimate of drug-likeness (QED) is 0.680. The minimum Gasteiger partial charge on any atom is -0.393 e. The predicted octanol–water partition coefficient (Wildman–Crippen LogP) is 2.51. The Hall–Kier alpha value is 0.400. The third-order valence-corrected chi connectivity index (χ3v) is 6.29. The van der Waals surface area contributed by atoms with Crippen LogP contribution in [0.4, 0.5) is 0 Å². The molecule has 2 atom stereocenters. The molecule has 0 radical (unpaired) electrons. The van der Waals surface area contributed by atoms with Crippen molar-refractivity contribution in [2.24, 2.45) is 5.92 Å². The highest BCUT2D eigenvalue weighted by atomic mass is 32.2. The highest BCUT2D eigenvalue weighted by Gasteiger charge is 2.39. The van der Waals surface area contributed by atoms with Crippen LogP contribution in [0, 0.1) is 5.92 Å². The van der Waals surface area contributed by atoms with Crippen LogP contribution in [0.25, 0.3) is 0 Å². The Kier molecular flexibility index (Phi) is 2.96. The van der Waals surface area contributed by atoms with E-state index in [0.717, 1.165) is 6.42 Å². The molecule has 1 aliphatic heterocycles. The zero-order valence-electron chi connectivity index (χ0n) is 7.90. The third-order valence-electron chi connectivity index (χ3n) is 2.79. The van der Waals surface area contributed by atoms with Gasteiger partial charge in [0, 0.05) is 17.4 Å². The third kappa shape index (κ3) is 2.08. The summed E-state index contributed by atoms with van der Waals surface area (Å²) in [7, 11) is 0. The minimum absolute atomic E-state index is 0.185. The summed E-state index contributed by atoms with van der Waals surface area (Å²) in [4.78, 5) is 0. The van der Waals surface area contributed by atoms with Crippen LogP contribution in [-0.4, -0.2) is 26.8 Å². The molecule has 1 aliphatic carbocycles. The average molecular weight is 216 g/mol. The van der Waals surface area contributed by atoms with Crippen LogP contribution >= 0.6 is 23.5 Å². The van der Waals surface area contributed by atoms with Crippen LogP contribution < -0.4 is 0 Å². The maximum atomic E-state index is 9.55. The Morgan fingerprint density at radius 3 is 2.77 bits per heavy atom. The molecule has 1 nitrogen and oxygen atoms in total. The average Bonchev–Trinajstić information content (AvgIpc) is 2.53. The fourth-order valence-electron chi connectivity index (χ4n) is 2.00. The lowest BCUT2D eigenvalue weighted by Gasteiger charge is -2.34. The van der Waals surface area contributed by atoms with Gasteiger partial charge in [-0.2, -0.15) is 0 Å². The van der Waals surface area contributed by atoms with Crippen LogP contribution in [-0.2, 0) is 0 Å². The number of aliphatic hydroxyl groups excluding tert-OH is 1. The largest absolute Gasteiger partial charge is 0.393 e. The Morgan fingerprint density at radius 1 is 1.46 bits per heavy atom. The fraction of sp³-hybridized carbons (Fsp3) is 0.800. The Morgan fingerprint density at radius 2 is 2.15 bits per heavy atom. The van der Waals surface area contributed by atoms with Gasteiger partial charge in [0.25, 0.3) is 0 Å². The number of allylic oxidation sites excluding steroid dienone is 1. The summed E-state index contributed by atoms with van der Waals surface area (Å²) < 4.78 is 0.413. The summed E-state index contributed by atoms with van der Waals surface area (Å²) in [6.45, 7) is 1.90. The molecule has 1 N–H and O–H groups in total. The summed E-state index contributed by atoms with van der Waals surface area (Å²) in [6.07, 6.45) is 6.60. The van der Waals surface area contributed by atoms with Crippen molar-refractivity contribution in [3.8, 4) is 0 Å². The molecule has 1 fully saturated rings. The van der Waals surface area contributed by atoms with E-state index in [1.54, 1.807) is 0 Å². The van der Waals surface area contributed by atoms with Gasteiger partial charge in [0.1, 0.15) is 0 Å². The van der Waals surface area contributed by atoms with Crippen molar-refractivity contribution < 1.29 is 5.11 Å². The molecule has 0 amide bonds. The van der Waals surface area contributed by atoms with Gasteiger partial charge in [-0.05, 0) is 19.8 Å². The molecule has 2 aliphatic rings. The number of aliphatic hydroxyl groups is 1. The van der Waals surface area contributed by atoms with Gasteiger partial charge in [0.15, 0.2) is 0 Å². The van der Waals surface area contributed by atoms with E-state index < -0.39 is 0 Å². The van der Waals surface area contributed by atoms with Gasteiger partial charge in [-0.15, -0.1) is 23.5 Å². The lowest BCUT2D eigenvalue weighted by Crippen LogP contribution is -2.29. The molecule has 0 aromatic rings. The van der Waals surface area contributed by atoms with Crippen molar-refractivity contribution in [2.45, 2.75) is 29.9 Å². The molecule has 13 heavy (non-hydrogen) atoms. The topological polar surface area (TPSA) is 20.2 Å². The standard InChI is InChI=1S/C10H16OS2/c1-8(11)9-3-2-4-10(7-9)12-5-6-13-10/h2-3,8-9,11H,4-7H2,1H3/t8?,9-/m0/s1. The van der Waals surface area contributed by atoms with Crippen molar-refractivity contribution in [3.63, 3.8) is 0 Å². The first-order valence-electron chi connectivity index (χ1n) is 4.84. The zero-order valence-corrected chi connectivity index (χ0v) is 9.53. The van der Waals surface area contributed by atoms with Crippen molar-refractivity contribution in [2.75, 3.05) is 11.5 Å². The SMILES string of the molecule is CC(O)[C@H]1C=CCC2(C1)SCCS2. The lowest BCUT2D eigenvalue weighted by molar-refractivity contribution is 0.140. The molecule has 0 bridgehead atoms. The normalized spacial score (nSPS) is 33.8.